The second-order valence-electron chi connectivity index (χ2n) is 6.71. The van der Waals surface area contributed by atoms with E-state index in [-0.39, 0.29) is 0 Å². The molecule has 2 aromatic rings. The van der Waals surface area contributed by atoms with Gasteiger partial charge < -0.3 is 4.90 Å². The second-order valence-corrected chi connectivity index (χ2v) is 7.66. The largest absolute Gasteiger partial charge is 0.306 e. The van der Waals surface area contributed by atoms with Crippen LogP contribution in [-0.2, 0) is 6.54 Å². The van der Waals surface area contributed by atoms with Crippen molar-refractivity contribution in [3.8, 4) is 10.7 Å². The molecule has 1 aliphatic heterocycles. The van der Waals surface area contributed by atoms with E-state index in [0.717, 1.165) is 23.2 Å². The number of thiophene rings is 1. The van der Waals surface area contributed by atoms with Gasteiger partial charge in [0.15, 0.2) is 5.82 Å². The van der Waals surface area contributed by atoms with Crippen LogP contribution < -0.4 is 0 Å². The van der Waals surface area contributed by atoms with Gasteiger partial charge in [-0.25, -0.2) is 9.97 Å². The molecule has 0 aromatic carbocycles. The summed E-state index contributed by atoms with van der Waals surface area (Å²) in [5.74, 6) is 1.65. The molecule has 0 unspecified atom stereocenters. The molecule has 0 N–H and O–H groups in total. The maximum atomic E-state index is 4.52. The summed E-state index contributed by atoms with van der Waals surface area (Å²) in [5.41, 5.74) is 1.21. The highest BCUT2D eigenvalue weighted by Gasteiger charge is 2.24. The minimum atomic E-state index is 0.672. The summed E-state index contributed by atoms with van der Waals surface area (Å²) in [6.07, 6.45) is 6.54. The first-order valence-corrected chi connectivity index (χ1v) is 9.25. The lowest BCUT2D eigenvalue weighted by atomic mass is 9.89. The van der Waals surface area contributed by atoms with Gasteiger partial charge in [-0.2, -0.15) is 0 Å². The maximum Gasteiger partial charge on any atom is 0.169 e. The molecule has 124 valence electrons. The van der Waals surface area contributed by atoms with E-state index in [4.69, 9.17) is 0 Å². The Morgan fingerprint density at radius 1 is 1.26 bits per heavy atom. The zero-order valence-electron chi connectivity index (χ0n) is 14.3. The first-order valence-electron chi connectivity index (χ1n) is 8.37. The Morgan fingerprint density at radius 2 is 1.96 bits per heavy atom. The normalized spacial score (nSPS) is 18.4. The highest BCUT2D eigenvalue weighted by Crippen LogP contribution is 2.24. The number of rotatable bonds is 5. The van der Waals surface area contributed by atoms with E-state index < -0.39 is 0 Å². The monoisotopic (exact) mass is 330 g/mol. The minimum Gasteiger partial charge on any atom is -0.306 e. The highest BCUT2D eigenvalue weighted by atomic mass is 32.1. The van der Waals surface area contributed by atoms with Crippen LogP contribution in [0.4, 0.5) is 0 Å². The number of aromatic nitrogens is 2. The molecular weight excluding hydrogens is 304 g/mol. The average molecular weight is 331 g/mol. The quantitative estimate of drug-likeness (QED) is 0.841. The molecule has 0 spiro atoms. The van der Waals surface area contributed by atoms with Crippen LogP contribution in [0.25, 0.3) is 10.7 Å². The number of nitrogens with zero attached hydrogens (tertiary/aromatic N) is 4. The lowest BCUT2D eigenvalue weighted by molar-refractivity contribution is 0.121. The molecule has 0 bridgehead atoms. The van der Waals surface area contributed by atoms with Crippen LogP contribution >= 0.6 is 11.3 Å². The molecule has 0 radical (unpaired) electrons. The summed E-state index contributed by atoms with van der Waals surface area (Å²) < 4.78 is 0. The van der Waals surface area contributed by atoms with Crippen LogP contribution in [-0.4, -0.2) is 53.0 Å². The van der Waals surface area contributed by atoms with E-state index >= 15 is 0 Å². The van der Waals surface area contributed by atoms with Gasteiger partial charge in [-0.05, 0) is 64.3 Å². The van der Waals surface area contributed by atoms with Crippen molar-refractivity contribution in [2.24, 2.45) is 5.92 Å². The number of hydrogen-bond donors (Lipinski definition) is 0. The van der Waals surface area contributed by atoms with Crippen LogP contribution in [0, 0.1) is 5.92 Å². The Morgan fingerprint density at radius 3 is 2.52 bits per heavy atom. The third kappa shape index (κ3) is 4.16. The molecule has 1 fully saturated rings. The lowest BCUT2D eigenvalue weighted by Gasteiger charge is -2.37. The Balaban J connectivity index is 1.53. The van der Waals surface area contributed by atoms with E-state index in [0.29, 0.717) is 6.04 Å². The molecule has 5 heteroatoms. The summed E-state index contributed by atoms with van der Waals surface area (Å²) in [7, 11) is 4.37. The summed E-state index contributed by atoms with van der Waals surface area (Å²) in [4.78, 5) is 15.0. The topological polar surface area (TPSA) is 32.3 Å². The first kappa shape index (κ1) is 16.6. The van der Waals surface area contributed by atoms with Crippen LogP contribution in [0.2, 0.25) is 0 Å². The fourth-order valence-electron chi connectivity index (χ4n) is 3.24. The van der Waals surface area contributed by atoms with Crippen molar-refractivity contribution in [2.45, 2.75) is 32.4 Å². The van der Waals surface area contributed by atoms with Crippen molar-refractivity contribution in [2.75, 3.05) is 27.2 Å². The van der Waals surface area contributed by atoms with Crippen LogP contribution in [0.3, 0.4) is 0 Å². The summed E-state index contributed by atoms with van der Waals surface area (Å²) in [6, 6.07) is 4.78. The summed E-state index contributed by atoms with van der Waals surface area (Å²) in [6.45, 7) is 5.66. The van der Waals surface area contributed by atoms with Gasteiger partial charge in [-0.1, -0.05) is 6.07 Å². The van der Waals surface area contributed by atoms with Crippen molar-refractivity contribution >= 4 is 11.3 Å². The molecule has 1 saturated heterocycles. The summed E-state index contributed by atoms with van der Waals surface area (Å²) >= 11 is 1.68. The zero-order chi connectivity index (χ0) is 16.2. The molecular formula is C18H26N4S. The van der Waals surface area contributed by atoms with E-state index in [1.54, 1.807) is 11.3 Å². The fourth-order valence-corrected chi connectivity index (χ4v) is 3.91. The number of likely N-dealkylation sites (tertiary alicyclic amines) is 1. The number of piperidine rings is 1. The van der Waals surface area contributed by atoms with Crippen molar-refractivity contribution in [1.82, 2.24) is 19.8 Å². The van der Waals surface area contributed by atoms with Gasteiger partial charge in [0.1, 0.15) is 0 Å². The maximum absolute atomic E-state index is 4.52. The van der Waals surface area contributed by atoms with Gasteiger partial charge in [-0.15, -0.1) is 11.3 Å². The van der Waals surface area contributed by atoms with Crippen molar-refractivity contribution in [1.29, 1.82) is 0 Å². The number of hydrogen-bond acceptors (Lipinski definition) is 5. The molecule has 3 heterocycles. The minimum absolute atomic E-state index is 0.672. The fraction of sp³-hybridized carbons (Fsp3) is 0.556. The van der Waals surface area contributed by atoms with Gasteiger partial charge in [0.05, 0.1) is 4.88 Å². The average Bonchev–Trinajstić information content (AvgIpc) is 3.10. The Kier molecular flexibility index (Phi) is 5.41. The third-order valence-electron chi connectivity index (χ3n) is 4.98. The van der Waals surface area contributed by atoms with Gasteiger partial charge in [-0.3, -0.25) is 4.90 Å². The zero-order valence-corrected chi connectivity index (χ0v) is 15.1. The van der Waals surface area contributed by atoms with Crippen molar-refractivity contribution < 1.29 is 0 Å². The van der Waals surface area contributed by atoms with E-state index in [9.17, 15) is 0 Å². The molecule has 0 amide bonds. The van der Waals surface area contributed by atoms with E-state index in [2.05, 4.69) is 52.2 Å². The Hall–Kier alpha value is -1.30. The predicted octanol–water partition coefficient (Wildman–Crippen LogP) is 3.37. The van der Waals surface area contributed by atoms with Crippen molar-refractivity contribution in [3.63, 3.8) is 0 Å². The van der Waals surface area contributed by atoms with E-state index in [1.165, 1.54) is 31.5 Å². The highest BCUT2D eigenvalue weighted by molar-refractivity contribution is 7.13. The van der Waals surface area contributed by atoms with Gasteiger partial charge in [0, 0.05) is 30.5 Å². The predicted molar refractivity (Wildman–Crippen MR) is 96.5 cm³/mol. The molecule has 2 aromatic heterocycles. The summed E-state index contributed by atoms with van der Waals surface area (Å²) in [5, 5.41) is 2.06. The van der Waals surface area contributed by atoms with Crippen LogP contribution in [0.15, 0.2) is 29.9 Å². The standard InChI is InChI=1S/C18H26N4S/c1-14(21(2)3)16-6-8-22(9-7-16)13-15-11-19-18(20-12-15)17-5-4-10-23-17/h4-5,10-12,14,16H,6-9,13H2,1-3H3/t14-/m0/s1. The molecule has 0 aliphatic carbocycles. The van der Waals surface area contributed by atoms with Crippen molar-refractivity contribution in [3.05, 3.63) is 35.5 Å². The molecule has 23 heavy (non-hydrogen) atoms. The SMILES string of the molecule is C[C@@H](C1CCN(Cc2cnc(-c3cccs3)nc2)CC1)N(C)C. The first-order chi connectivity index (χ1) is 11.1. The van der Waals surface area contributed by atoms with Gasteiger partial charge >= 0.3 is 0 Å². The third-order valence-corrected chi connectivity index (χ3v) is 5.85. The molecule has 3 rings (SSSR count). The lowest BCUT2D eigenvalue weighted by Crippen LogP contribution is -2.41. The Bertz CT molecular complexity index is 586. The molecule has 0 saturated carbocycles. The molecule has 1 aliphatic rings. The van der Waals surface area contributed by atoms with Gasteiger partial charge in [0.2, 0.25) is 0 Å². The molecule has 4 nitrogen and oxygen atoms in total. The second kappa shape index (κ2) is 7.51. The van der Waals surface area contributed by atoms with Crippen LogP contribution in [0.5, 0.6) is 0 Å². The molecule has 1 atom stereocenters. The van der Waals surface area contributed by atoms with Gasteiger partial charge in [0.25, 0.3) is 0 Å². The Labute approximate surface area is 143 Å². The van der Waals surface area contributed by atoms with Crippen LogP contribution in [0.1, 0.15) is 25.3 Å². The smallest absolute Gasteiger partial charge is 0.169 e. The van der Waals surface area contributed by atoms with E-state index in [1.807, 2.05) is 18.5 Å².